The zero-order chi connectivity index (χ0) is 20.1. The molecule has 10 heteroatoms. The van der Waals surface area contributed by atoms with Gasteiger partial charge in [0.25, 0.3) is 0 Å². The van der Waals surface area contributed by atoms with E-state index in [4.69, 9.17) is 0 Å². The molecule has 1 aromatic heterocycles. The molecular formula is C18H20N6O3S. The quantitative estimate of drug-likeness (QED) is 0.562. The van der Waals surface area contributed by atoms with Gasteiger partial charge < -0.3 is 10.2 Å². The summed E-state index contributed by atoms with van der Waals surface area (Å²) in [5, 5.41) is 16.5. The fourth-order valence-corrected chi connectivity index (χ4v) is 5.56. The standard InChI is InChI=1S/C18H20N6O3S/c1-9(25)11(10-7-5-4-6-8-10)15(26)19-12-16(27)24-13(14-20-22-23-21-14)18(2,3)28-17(12)24/h4-8,11-13,17H,1-3H3,(H,19,26)(H,20,21,22,23)/t11?,12?,13?,17-/m0/s1. The van der Waals surface area contributed by atoms with Crippen molar-refractivity contribution in [3.05, 3.63) is 41.7 Å². The summed E-state index contributed by atoms with van der Waals surface area (Å²) < 4.78 is -0.333. The molecule has 2 aromatic rings. The topological polar surface area (TPSA) is 121 Å². The third kappa shape index (κ3) is 2.88. The van der Waals surface area contributed by atoms with E-state index in [0.717, 1.165) is 0 Å². The molecule has 0 spiro atoms. The van der Waals surface area contributed by atoms with Crippen LogP contribution < -0.4 is 5.32 Å². The van der Waals surface area contributed by atoms with Crippen LogP contribution in [0.15, 0.2) is 30.3 Å². The molecule has 0 radical (unpaired) electrons. The Morgan fingerprint density at radius 1 is 1.29 bits per heavy atom. The van der Waals surface area contributed by atoms with Gasteiger partial charge in [-0.3, -0.25) is 14.4 Å². The fourth-order valence-electron chi connectivity index (χ4n) is 3.93. The summed E-state index contributed by atoms with van der Waals surface area (Å²) in [5.74, 6) is -1.34. The Morgan fingerprint density at radius 3 is 2.61 bits per heavy atom. The average Bonchev–Trinajstić information content (AvgIpc) is 3.24. The number of rotatable bonds is 5. The number of thioether (sulfide) groups is 1. The van der Waals surface area contributed by atoms with Gasteiger partial charge in [0, 0.05) is 4.75 Å². The third-order valence-corrected chi connectivity index (χ3v) is 6.73. The number of benzene rings is 1. The molecule has 0 aliphatic carbocycles. The molecule has 2 N–H and O–H groups in total. The summed E-state index contributed by atoms with van der Waals surface area (Å²) in [5.41, 5.74) is 0.612. The van der Waals surface area contributed by atoms with Gasteiger partial charge in [-0.05, 0) is 36.8 Å². The predicted molar refractivity (Wildman–Crippen MR) is 101 cm³/mol. The molecule has 4 atom stereocenters. The lowest BCUT2D eigenvalue weighted by molar-refractivity contribution is -0.152. The predicted octanol–water partition coefficient (Wildman–Crippen LogP) is 0.792. The normalized spacial score (nSPS) is 26.3. The maximum absolute atomic E-state index is 12.8. The molecule has 2 aliphatic rings. The van der Waals surface area contributed by atoms with E-state index < -0.39 is 17.9 Å². The zero-order valence-corrected chi connectivity index (χ0v) is 16.4. The molecule has 2 aliphatic heterocycles. The third-order valence-electron chi connectivity index (χ3n) is 5.16. The molecular weight excluding hydrogens is 380 g/mol. The number of β-lactam (4-membered cyclic amide) rings is 1. The monoisotopic (exact) mass is 400 g/mol. The first-order valence-corrected chi connectivity index (χ1v) is 9.78. The zero-order valence-electron chi connectivity index (χ0n) is 15.6. The van der Waals surface area contributed by atoms with E-state index in [1.165, 1.54) is 6.92 Å². The van der Waals surface area contributed by atoms with Gasteiger partial charge in [0.2, 0.25) is 11.8 Å². The van der Waals surface area contributed by atoms with Crippen LogP contribution in [0.4, 0.5) is 0 Å². The average molecular weight is 400 g/mol. The van der Waals surface area contributed by atoms with Crippen molar-refractivity contribution in [1.82, 2.24) is 30.8 Å². The molecule has 4 rings (SSSR count). The van der Waals surface area contributed by atoms with E-state index in [9.17, 15) is 14.4 Å². The van der Waals surface area contributed by atoms with Crippen LogP contribution in [0.25, 0.3) is 0 Å². The van der Waals surface area contributed by atoms with Crippen molar-refractivity contribution >= 4 is 29.4 Å². The van der Waals surface area contributed by atoms with Gasteiger partial charge in [0.05, 0.1) is 0 Å². The Hall–Kier alpha value is -2.75. The molecule has 3 unspecified atom stereocenters. The molecule has 1 aromatic carbocycles. The molecule has 0 saturated carbocycles. The van der Waals surface area contributed by atoms with Gasteiger partial charge in [0.1, 0.15) is 29.2 Å². The number of hydrogen-bond donors (Lipinski definition) is 2. The van der Waals surface area contributed by atoms with Crippen LogP contribution in [0.1, 0.15) is 44.1 Å². The van der Waals surface area contributed by atoms with Crippen molar-refractivity contribution in [1.29, 1.82) is 0 Å². The Bertz CT molecular complexity index is 917. The first kappa shape index (κ1) is 18.6. The van der Waals surface area contributed by atoms with Crippen LogP contribution >= 0.6 is 11.8 Å². The van der Waals surface area contributed by atoms with Crippen LogP contribution in [0.2, 0.25) is 0 Å². The SMILES string of the molecule is CC(=O)C(C(=O)NC1C(=O)N2C(c3nnn[nH]3)C(C)(C)S[C@@H]12)c1ccccc1. The number of H-pyrrole nitrogens is 1. The minimum atomic E-state index is -0.934. The number of aromatic nitrogens is 4. The summed E-state index contributed by atoms with van der Waals surface area (Å²) in [6.07, 6.45) is 0. The molecule has 2 amide bonds. The van der Waals surface area contributed by atoms with Gasteiger partial charge in [0.15, 0.2) is 5.82 Å². The number of amides is 2. The van der Waals surface area contributed by atoms with Gasteiger partial charge in [-0.2, -0.15) is 0 Å². The number of carbonyl (C=O) groups is 3. The minimum absolute atomic E-state index is 0.201. The largest absolute Gasteiger partial charge is 0.341 e. The highest BCUT2D eigenvalue weighted by atomic mass is 32.2. The minimum Gasteiger partial charge on any atom is -0.341 e. The van der Waals surface area contributed by atoms with E-state index >= 15 is 0 Å². The fraction of sp³-hybridized carbons (Fsp3) is 0.444. The molecule has 146 valence electrons. The number of nitrogens with zero attached hydrogens (tertiary/aromatic N) is 4. The van der Waals surface area contributed by atoms with E-state index in [1.807, 2.05) is 19.9 Å². The lowest BCUT2D eigenvalue weighted by atomic mass is 9.92. The van der Waals surface area contributed by atoms with E-state index in [2.05, 4.69) is 25.9 Å². The van der Waals surface area contributed by atoms with Crippen LogP contribution in [0.3, 0.4) is 0 Å². The highest BCUT2D eigenvalue weighted by molar-refractivity contribution is 8.01. The summed E-state index contributed by atoms with van der Waals surface area (Å²) in [6, 6.07) is 7.86. The number of nitrogens with one attached hydrogen (secondary N) is 2. The Labute approximate surface area is 165 Å². The molecule has 0 bridgehead atoms. The second kappa shape index (κ2) is 6.69. The van der Waals surface area contributed by atoms with Gasteiger partial charge in [-0.1, -0.05) is 30.3 Å². The maximum atomic E-state index is 12.8. The lowest BCUT2D eigenvalue weighted by Gasteiger charge is -2.44. The van der Waals surface area contributed by atoms with Crippen molar-refractivity contribution in [2.24, 2.45) is 0 Å². The molecule has 2 saturated heterocycles. The number of carbonyl (C=O) groups excluding carboxylic acids is 3. The van der Waals surface area contributed by atoms with Gasteiger partial charge in [-0.15, -0.1) is 16.9 Å². The number of Topliss-reactive ketones (excluding diaryl/α,β-unsaturated/α-hetero) is 1. The van der Waals surface area contributed by atoms with Gasteiger partial charge in [-0.25, -0.2) is 5.10 Å². The van der Waals surface area contributed by atoms with Crippen molar-refractivity contribution in [3.63, 3.8) is 0 Å². The van der Waals surface area contributed by atoms with E-state index in [-0.39, 0.29) is 27.9 Å². The lowest BCUT2D eigenvalue weighted by Crippen LogP contribution is -2.68. The highest BCUT2D eigenvalue weighted by Crippen LogP contribution is 2.56. The maximum Gasteiger partial charge on any atom is 0.249 e. The van der Waals surface area contributed by atoms with Crippen LogP contribution in [0.5, 0.6) is 0 Å². The molecule has 2 fully saturated rings. The summed E-state index contributed by atoms with van der Waals surface area (Å²) in [6.45, 7) is 5.40. The molecule has 28 heavy (non-hydrogen) atoms. The van der Waals surface area contributed by atoms with E-state index in [1.54, 1.807) is 40.9 Å². The second-order valence-electron chi connectivity index (χ2n) is 7.49. The number of hydrogen-bond acceptors (Lipinski definition) is 7. The van der Waals surface area contributed by atoms with E-state index in [0.29, 0.717) is 11.4 Å². The Kier molecular flexibility index (Phi) is 4.45. The van der Waals surface area contributed by atoms with Crippen LogP contribution in [0, 0.1) is 0 Å². The summed E-state index contributed by atoms with van der Waals surface area (Å²) in [7, 11) is 0. The number of ketones is 1. The summed E-state index contributed by atoms with van der Waals surface area (Å²) >= 11 is 1.58. The molecule has 9 nitrogen and oxygen atoms in total. The van der Waals surface area contributed by atoms with Crippen LogP contribution in [-0.2, 0) is 14.4 Å². The smallest absolute Gasteiger partial charge is 0.249 e. The highest BCUT2D eigenvalue weighted by Gasteiger charge is 2.63. The summed E-state index contributed by atoms with van der Waals surface area (Å²) in [4.78, 5) is 39.5. The Balaban J connectivity index is 1.54. The first-order chi connectivity index (χ1) is 13.3. The van der Waals surface area contributed by atoms with Crippen molar-refractivity contribution < 1.29 is 14.4 Å². The number of aromatic amines is 1. The second-order valence-corrected chi connectivity index (χ2v) is 9.26. The molecule has 3 heterocycles. The van der Waals surface area contributed by atoms with Crippen LogP contribution in [-0.4, -0.2) is 59.3 Å². The van der Waals surface area contributed by atoms with Crippen molar-refractivity contribution in [2.45, 2.75) is 48.9 Å². The number of fused-ring (bicyclic) bond motifs is 1. The van der Waals surface area contributed by atoms with Crippen molar-refractivity contribution in [3.8, 4) is 0 Å². The first-order valence-electron chi connectivity index (χ1n) is 8.90. The number of tetrazole rings is 1. The Morgan fingerprint density at radius 2 is 2.00 bits per heavy atom. The van der Waals surface area contributed by atoms with Crippen molar-refractivity contribution in [2.75, 3.05) is 0 Å². The van der Waals surface area contributed by atoms with Gasteiger partial charge >= 0.3 is 0 Å².